The van der Waals surface area contributed by atoms with Crippen LogP contribution in [0.1, 0.15) is 31.2 Å². The molecule has 0 aromatic heterocycles. The lowest BCUT2D eigenvalue weighted by Gasteiger charge is -2.41. The lowest BCUT2D eigenvalue weighted by atomic mass is 9.75. The molecule has 2 rings (SSSR count). The van der Waals surface area contributed by atoms with Crippen LogP contribution < -0.4 is 0 Å². The van der Waals surface area contributed by atoms with Crippen LogP contribution in [0, 0.1) is 11.6 Å². The summed E-state index contributed by atoms with van der Waals surface area (Å²) >= 11 is 0. The van der Waals surface area contributed by atoms with E-state index in [4.69, 9.17) is 4.74 Å². The first-order chi connectivity index (χ1) is 8.53. The SMILES string of the molecule is COC1(CC(O)Cc2cc(F)cc(F)c2)CCC1. The maximum absolute atomic E-state index is 13.0. The molecular weight excluding hydrogens is 238 g/mol. The Kier molecular flexibility index (Phi) is 3.97. The van der Waals surface area contributed by atoms with Gasteiger partial charge in [0.25, 0.3) is 0 Å². The average molecular weight is 256 g/mol. The quantitative estimate of drug-likeness (QED) is 0.877. The zero-order valence-electron chi connectivity index (χ0n) is 10.5. The molecule has 0 bridgehead atoms. The van der Waals surface area contributed by atoms with Crippen molar-refractivity contribution in [2.75, 3.05) is 7.11 Å². The molecule has 1 unspecified atom stereocenters. The van der Waals surface area contributed by atoms with Crippen LogP contribution in [0.4, 0.5) is 8.78 Å². The van der Waals surface area contributed by atoms with Gasteiger partial charge < -0.3 is 9.84 Å². The van der Waals surface area contributed by atoms with E-state index in [1.165, 1.54) is 12.1 Å². The first kappa shape index (κ1) is 13.4. The minimum Gasteiger partial charge on any atom is -0.393 e. The maximum atomic E-state index is 13.0. The largest absolute Gasteiger partial charge is 0.393 e. The summed E-state index contributed by atoms with van der Waals surface area (Å²) in [7, 11) is 1.65. The lowest BCUT2D eigenvalue weighted by Crippen LogP contribution is -2.42. The van der Waals surface area contributed by atoms with Crippen LogP contribution in [0.25, 0.3) is 0 Å². The minimum atomic E-state index is -0.633. The van der Waals surface area contributed by atoms with Crippen molar-refractivity contribution < 1.29 is 18.6 Å². The zero-order valence-corrected chi connectivity index (χ0v) is 10.5. The van der Waals surface area contributed by atoms with Gasteiger partial charge in [0.1, 0.15) is 11.6 Å². The second kappa shape index (κ2) is 5.33. The number of hydrogen-bond donors (Lipinski definition) is 1. The van der Waals surface area contributed by atoms with Crippen LogP contribution in [0.3, 0.4) is 0 Å². The van der Waals surface area contributed by atoms with Crippen LogP contribution in [0.15, 0.2) is 18.2 Å². The van der Waals surface area contributed by atoms with E-state index in [1.807, 2.05) is 0 Å². The fraction of sp³-hybridized carbons (Fsp3) is 0.571. The van der Waals surface area contributed by atoms with Crippen LogP contribution in [0.2, 0.25) is 0 Å². The number of rotatable bonds is 5. The summed E-state index contributed by atoms with van der Waals surface area (Å²) in [5.41, 5.74) is 0.247. The topological polar surface area (TPSA) is 29.5 Å². The first-order valence-corrected chi connectivity index (χ1v) is 6.21. The van der Waals surface area contributed by atoms with Gasteiger partial charge in [-0.2, -0.15) is 0 Å². The van der Waals surface area contributed by atoms with Crippen molar-refractivity contribution in [2.24, 2.45) is 0 Å². The van der Waals surface area contributed by atoms with E-state index in [0.29, 0.717) is 12.0 Å². The maximum Gasteiger partial charge on any atom is 0.126 e. The van der Waals surface area contributed by atoms with Crippen molar-refractivity contribution in [1.82, 2.24) is 0 Å². The smallest absolute Gasteiger partial charge is 0.126 e. The lowest BCUT2D eigenvalue weighted by molar-refractivity contribution is -0.0989. The molecular formula is C14H18F2O2. The van der Waals surface area contributed by atoms with Gasteiger partial charge in [-0.3, -0.25) is 0 Å². The van der Waals surface area contributed by atoms with Crippen molar-refractivity contribution >= 4 is 0 Å². The molecule has 18 heavy (non-hydrogen) atoms. The van der Waals surface area contributed by atoms with Crippen LogP contribution in [0.5, 0.6) is 0 Å². The molecule has 1 aliphatic carbocycles. The van der Waals surface area contributed by atoms with Gasteiger partial charge in [0.05, 0.1) is 11.7 Å². The summed E-state index contributed by atoms with van der Waals surface area (Å²) in [6, 6.07) is 3.34. The third-order valence-corrected chi connectivity index (χ3v) is 3.70. The Hall–Kier alpha value is -1.00. The van der Waals surface area contributed by atoms with Gasteiger partial charge in [0.15, 0.2) is 0 Å². The fourth-order valence-corrected chi connectivity index (χ4v) is 2.57. The third-order valence-electron chi connectivity index (χ3n) is 3.70. The fourth-order valence-electron chi connectivity index (χ4n) is 2.57. The van der Waals surface area contributed by atoms with E-state index in [0.717, 1.165) is 25.3 Å². The number of benzene rings is 1. The number of aliphatic hydroxyl groups excluding tert-OH is 1. The van der Waals surface area contributed by atoms with Gasteiger partial charge in [-0.05, 0) is 43.4 Å². The molecule has 0 saturated heterocycles. The van der Waals surface area contributed by atoms with Gasteiger partial charge >= 0.3 is 0 Å². The Bertz CT molecular complexity index is 390. The summed E-state index contributed by atoms with van der Waals surface area (Å²) in [5, 5.41) is 9.99. The molecule has 0 spiro atoms. The first-order valence-electron chi connectivity index (χ1n) is 6.21. The number of ether oxygens (including phenoxy) is 1. The van der Waals surface area contributed by atoms with Gasteiger partial charge in [0, 0.05) is 19.6 Å². The minimum absolute atomic E-state index is 0.231. The van der Waals surface area contributed by atoms with E-state index < -0.39 is 17.7 Å². The molecule has 1 fully saturated rings. The van der Waals surface area contributed by atoms with Crippen molar-refractivity contribution in [3.8, 4) is 0 Å². The van der Waals surface area contributed by atoms with Crippen molar-refractivity contribution in [3.05, 3.63) is 35.4 Å². The highest BCUT2D eigenvalue weighted by Gasteiger charge is 2.38. The van der Waals surface area contributed by atoms with Crippen LogP contribution in [-0.2, 0) is 11.2 Å². The number of methoxy groups -OCH3 is 1. The Morgan fingerprint density at radius 3 is 2.33 bits per heavy atom. The number of halogens is 2. The third kappa shape index (κ3) is 3.06. The molecule has 0 amide bonds. The molecule has 1 aromatic carbocycles. The molecule has 1 aromatic rings. The number of aliphatic hydroxyl groups is 1. The van der Waals surface area contributed by atoms with E-state index in [2.05, 4.69) is 0 Å². The van der Waals surface area contributed by atoms with Gasteiger partial charge in [-0.25, -0.2) is 8.78 Å². The monoisotopic (exact) mass is 256 g/mol. The number of hydrogen-bond acceptors (Lipinski definition) is 2. The van der Waals surface area contributed by atoms with Crippen molar-refractivity contribution in [2.45, 2.75) is 43.8 Å². The van der Waals surface area contributed by atoms with E-state index >= 15 is 0 Å². The predicted molar refractivity (Wildman–Crippen MR) is 64.3 cm³/mol. The Morgan fingerprint density at radius 2 is 1.89 bits per heavy atom. The molecule has 2 nitrogen and oxygen atoms in total. The summed E-state index contributed by atoms with van der Waals surface area (Å²) in [5.74, 6) is -1.22. The highest BCUT2D eigenvalue weighted by atomic mass is 19.1. The van der Waals surface area contributed by atoms with Gasteiger partial charge in [0.2, 0.25) is 0 Å². The van der Waals surface area contributed by atoms with Gasteiger partial charge in [-0.1, -0.05) is 0 Å². The van der Waals surface area contributed by atoms with E-state index in [9.17, 15) is 13.9 Å². The summed E-state index contributed by atoms with van der Waals surface area (Å²) in [6.07, 6.45) is 3.12. The molecule has 100 valence electrons. The molecule has 0 radical (unpaired) electrons. The summed E-state index contributed by atoms with van der Waals surface area (Å²) < 4.78 is 31.4. The highest BCUT2D eigenvalue weighted by Crippen LogP contribution is 2.39. The second-order valence-electron chi connectivity index (χ2n) is 5.08. The normalized spacial score (nSPS) is 19.3. The summed E-state index contributed by atoms with van der Waals surface area (Å²) in [4.78, 5) is 0. The molecule has 1 aliphatic rings. The van der Waals surface area contributed by atoms with Crippen LogP contribution in [-0.4, -0.2) is 23.9 Å². The Morgan fingerprint density at radius 1 is 1.28 bits per heavy atom. The van der Waals surface area contributed by atoms with Gasteiger partial charge in [-0.15, -0.1) is 0 Å². The molecule has 1 atom stereocenters. The van der Waals surface area contributed by atoms with E-state index in [-0.39, 0.29) is 12.0 Å². The van der Waals surface area contributed by atoms with Crippen LogP contribution >= 0.6 is 0 Å². The second-order valence-corrected chi connectivity index (χ2v) is 5.08. The standard InChI is InChI=1S/C14H18F2O2/c1-18-14(3-2-4-14)9-13(17)7-10-5-11(15)8-12(16)6-10/h5-6,8,13,17H,2-4,7,9H2,1H3. The Labute approximate surface area is 106 Å². The highest BCUT2D eigenvalue weighted by molar-refractivity contribution is 5.18. The zero-order chi connectivity index (χ0) is 13.2. The molecule has 1 N–H and O–H groups in total. The molecule has 1 saturated carbocycles. The molecule has 4 heteroatoms. The average Bonchev–Trinajstić information content (AvgIpc) is 2.21. The molecule has 0 heterocycles. The molecule has 0 aliphatic heterocycles. The predicted octanol–water partition coefficient (Wildman–Crippen LogP) is 2.83. The Balaban J connectivity index is 1.96. The van der Waals surface area contributed by atoms with E-state index in [1.54, 1.807) is 7.11 Å². The van der Waals surface area contributed by atoms with Crippen molar-refractivity contribution in [3.63, 3.8) is 0 Å². The van der Waals surface area contributed by atoms with Crippen molar-refractivity contribution in [1.29, 1.82) is 0 Å². The summed E-state index contributed by atoms with van der Waals surface area (Å²) in [6.45, 7) is 0.